The van der Waals surface area contributed by atoms with E-state index in [1.165, 1.54) is 31.2 Å². The molecule has 0 unspecified atom stereocenters. The smallest absolute Gasteiger partial charge is 0.339 e. The highest BCUT2D eigenvalue weighted by molar-refractivity contribution is 5.97. The van der Waals surface area contributed by atoms with E-state index in [4.69, 9.17) is 9.47 Å². The molecule has 3 rings (SSSR count). The number of hydrogen-bond acceptors (Lipinski definition) is 6. The molecule has 0 spiro atoms. The van der Waals surface area contributed by atoms with E-state index in [0.29, 0.717) is 18.9 Å². The first kappa shape index (κ1) is 18.7. The second-order valence-corrected chi connectivity index (χ2v) is 6.23. The first-order valence-electron chi connectivity index (χ1n) is 8.76. The molecule has 7 nitrogen and oxygen atoms in total. The lowest BCUT2D eigenvalue weighted by Gasteiger charge is -2.28. The third kappa shape index (κ3) is 4.98. The summed E-state index contributed by atoms with van der Waals surface area (Å²) in [6, 6.07) is 13.3. The second kappa shape index (κ2) is 8.55. The fourth-order valence-corrected chi connectivity index (χ4v) is 2.74. The number of nitrogens with zero attached hydrogens (tertiary/aromatic N) is 1. The van der Waals surface area contributed by atoms with E-state index >= 15 is 0 Å². The van der Waals surface area contributed by atoms with Crippen LogP contribution in [0.4, 0.5) is 11.4 Å². The molecule has 1 atom stereocenters. The van der Waals surface area contributed by atoms with Crippen LogP contribution in [0.3, 0.4) is 0 Å². The van der Waals surface area contributed by atoms with Gasteiger partial charge in [-0.15, -0.1) is 0 Å². The fourth-order valence-electron chi connectivity index (χ4n) is 2.74. The zero-order valence-electron chi connectivity index (χ0n) is 15.1. The summed E-state index contributed by atoms with van der Waals surface area (Å²) >= 11 is 0. The number of nitrogens with one attached hydrogen (secondary N) is 1. The van der Waals surface area contributed by atoms with Crippen LogP contribution in [0.25, 0.3) is 0 Å². The van der Waals surface area contributed by atoms with Gasteiger partial charge in [-0.2, -0.15) is 0 Å². The number of esters is 1. The number of carbonyl (C=O) groups is 2. The predicted molar refractivity (Wildman–Crippen MR) is 101 cm³/mol. The highest BCUT2D eigenvalue weighted by atomic mass is 16.5. The summed E-state index contributed by atoms with van der Waals surface area (Å²) in [4.78, 5) is 26.5. The quantitative estimate of drug-likeness (QED) is 0.786. The van der Waals surface area contributed by atoms with Crippen LogP contribution < -0.4 is 10.2 Å². The average Bonchev–Trinajstić information content (AvgIpc) is 2.69. The van der Waals surface area contributed by atoms with Crippen molar-refractivity contribution in [1.82, 2.24) is 0 Å². The number of rotatable bonds is 5. The minimum atomic E-state index is -0.973. The van der Waals surface area contributed by atoms with Gasteiger partial charge in [0.05, 0.1) is 18.8 Å². The standard InChI is InChI=1S/C20H22N2O5/c1-14(27-20(25)15-3-2-4-18(23)13-15)19(24)21-16-5-7-17(8-6-16)22-9-11-26-12-10-22/h2-8,13-14,23H,9-12H2,1H3,(H,21,24)/t14-/m0/s1. The molecule has 0 radical (unpaired) electrons. The third-order valence-electron chi connectivity index (χ3n) is 4.25. The molecule has 2 aromatic carbocycles. The molecule has 27 heavy (non-hydrogen) atoms. The summed E-state index contributed by atoms with van der Waals surface area (Å²) in [7, 11) is 0. The van der Waals surface area contributed by atoms with Crippen LogP contribution in [0.2, 0.25) is 0 Å². The number of benzene rings is 2. The lowest BCUT2D eigenvalue weighted by Crippen LogP contribution is -2.36. The largest absolute Gasteiger partial charge is 0.508 e. The van der Waals surface area contributed by atoms with Gasteiger partial charge in [0, 0.05) is 24.5 Å². The van der Waals surface area contributed by atoms with Crippen LogP contribution in [0.15, 0.2) is 48.5 Å². The van der Waals surface area contributed by atoms with Gasteiger partial charge in [-0.25, -0.2) is 4.79 Å². The molecule has 142 valence electrons. The number of anilines is 2. The van der Waals surface area contributed by atoms with Crippen LogP contribution in [0.1, 0.15) is 17.3 Å². The van der Waals surface area contributed by atoms with Crippen molar-refractivity contribution in [1.29, 1.82) is 0 Å². The number of aromatic hydroxyl groups is 1. The highest BCUT2D eigenvalue weighted by Crippen LogP contribution is 2.19. The Hall–Kier alpha value is -3.06. The number of morpholine rings is 1. The van der Waals surface area contributed by atoms with Crippen molar-refractivity contribution in [2.24, 2.45) is 0 Å². The Morgan fingerprint density at radius 1 is 1.15 bits per heavy atom. The number of hydrogen-bond donors (Lipinski definition) is 2. The molecule has 1 saturated heterocycles. The number of amides is 1. The molecular formula is C20H22N2O5. The Labute approximate surface area is 157 Å². The number of phenols is 1. The van der Waals surface area contributed by atoms with Gasteiger partial charge < -0.3 is 24.8 Å². The summed E-state index contributed by atoms with van der Waals surface area (Å²) in [5.41, 5.74) is 1.88. The molecule has 1 amide bonds. The second-order valence-electron chi connectivity index (χ2n) is 6.23. The van der Waals surface area contributed by atoms with E-state index < -0.39 is 18.0 Å². The Balaban J connectivity index is 1.55. The van der Waals surface area contributed by atoms with Crippen molar-refractivity contribution < 1.29 is 24.2 Å². The van der Waals surface area contributed by atoms with Crippen molar-refractivity contribution in [2.45, 2.75) is 13.0 Å². The van der Waals surface area contributed by atoms with Crippen molar-refractivity contribution in [3.63, 3.8) is 0 Å². The number of carbonyl (C=O) groups excluding carboxylic acids is 2. The van der Waals surface area contributed by atoms with Gasteiger partial charge >= 0.3 is 5.97 Å². The monoisotopic (exact) mass is 370 g/mol. The maximum atomic E-state index is 12.3. The summed E-state index contributed by atoms with van der Waals surface area (Å²) in [5.74, 6) is -1.14. The molecular weight excluding hydrogens is 348 g/mol. The average molecular weight is 370 g/mol. The lowest BCUT2D eigenvalue weighted by atomic mass is 10.2. The van der Waals surface area contributed by atoms with E-state index in [9.17, 15) is 14.7 Å². The minimum Gasteiger partial charge on any atom is -0.508 e. The zero-order valence-corrected chi connectivity index (χ0v) is 15.1. The molecule has 1 aliphatic rings. The molecule has 7 heteroatoms. The van der Waals surface area contributed by atoms with Gasteiger partial charge in [-0.05, 0) is 49.4 Å². The molecule has 2 N–H and O–H groups in total. The van der Waals surface area contributed by atoms with Gasteiger partial charge in [0.25, 0.3) is 5.91 Å². The van der Waals surface area contributed by atoms with Crippen LogP contribution in [0.5, 0.6) is 5.75 Å². The highest BCUT2D eigenvalue weighted by Gasteiger charge is 2.19. The Kier molecular flexibility index (Phi) is 5.93. The molecule has 1 fully saturated rings. The molecule has 1 aliphatic heterocycles. The van der Waals surface area contributed by atoms with Crippen molar-refractivity contribution >= 4 is 23.3 Å². The van der Waals surface area contributed by atoms with Crippen molar-refractivity contribution in [2.75, 3.05) is 36.5 Å². The first-order valence-corrected chi connectivity index (χ1v) is 8.76. The maximum Gasteiger partial charge on any atom is 0.339 e. The van der Waals surface area contributed by atoms with Crippen LogP contribution in [-0.2, 0) is 14.3 Å². The lowest BCUT2D eigenvalue weighted by molar-refractivity contribution is -0.123. The Bertz CT molecular complexity index is 800. The zero-order chi connectivity index (χ0) is 19.2. The molecule has 1 heterocycles. The molecule has 2 aromatic rings. The van der Waals surface area contributed by atoms with E-state index in [1.807, 2.05) is 24.3 Å². The third-order valence-corrected chi connectivity index (χ3v) is 4.25. The predicted octanol–water partition coefficient (Wildman–Crippen LogP) is 2.41. The van der Waals surface area contributed by atoms with E-state index in [2.05, 4.69) is 10.2 Å². The van der Waals surface area contributed by atoms with Crippen LogP contribution in [0, 0.1) is 0 Å². The van der Waals surface area contributed by atoms with E-state index in [1.54, 1.807) is 0 Å². The van der Waals surface area contributed by atoms with Gasteiger partial charge in [-0.1, -0.05) is 6.07 Å². The summed E-state index contributed by atoms with van der Waals surface area (Å²) < 4.78 is 10.5. The fraction of sp³-hybridized carbons (Fsp3) is 0.300. The normalized spacial score (nSPS) is 15.1. The van der Waals surface area contributed by atoms with Crippen molar-refractivity contribution in [3.8, 4) is 5.75 Å². The van der Waals surface area contributed by atoms with E-state index in [-0.39, 0.29) is 11.3 Å². The van der Waals surface area contributed by atoms with Crippen LogP contribution >= 0.6 is 0 Å². The number of ether oxygens (including phenoxy) is 2. The first-order chi connectivity index (χ1) is 13.0. The van der Waals surface area contributed by atoms with Crippen LogP contribution in [-0.4, -0.2) is 49.4 Å². The van der Waals surface area contributed by atoms with Gasteiger partial charge in [-0.3, -0.25) is 4.79 Å². The Morgan fingerprint density at radius 2 is 1.85 bits per heavy atom. The minimum absolute atomic E-state index is 0.0399. The summed E-state index contributed by atoms with van der Waals surface area (Å²) in [6.45, 7) is 4.60. The molecule has 0 aromatic heterocycles. The summed E-state index contributed by atoms with van der Waals surface area (Å²) in [5, 5.41) is 12.2. The topological polar surface area (TPSA) is 88.1 Å². The molecule has 0 saturated carbocycles. The maximum absolute atomic E-state index is 12.3. The number of phenolic OH excluding ortho intramolecular Hbond substituents is 1. The molecule has 0 bridgehead atoms. The Morgan fingerprint density at radius 3 is 2.52 bits per heavy atom. The SMILES string of the molecule is C[C@H](OC(=O)c1cccc(O)c1)C(=O)Nc1ccc(N2CCOCC2)cc1. The van der Waals surface area contributed by atoms with Gasteiger partial charge in [0.15, 0.2) is 6.10 Å². The summed E-state index contributed by atoms with van der Waals surface area (Å²) in [6.07, 6.45) is -0.973. The van der Waals surface area contributed by atoms with Crippen molar-refractivity contribution in [3.05, 3.63) is 54.1 Å². The van der Waals surface area contributed by atoms with E-state index in [0.717, 1.165) is 18.8 Å². The molecule has 0 aliphatic carbocycles. The van der Waals surface area contributed by atoms with Gasteiger partial charge in [0.2, 0.25) is 0 Å². The van der Waals surface area contributed by atoms with Gasteiger partial charge in [0.1, 0.15) is 5.75 Å².